The molecule has 0 saturated heterocycles. The van der Waals surface area contributed by atoms with Crippen LogP contribution in [-0.4, -0.2) is 29.3 Å². The first-order chi connectivity index (χ1) is 18.0. The number of amides is 1. The molecule has 6 nitrogen and oxygen atoms in total. The number of nitrogens with zero attached hydrogens (tertiary/aromatic N) is 1. The van der Waals surface area contributed by atoms with E-state index in [0.29, 0.717) is 18.1 Å². The summed E-state index contributed by atoms with van der Waals surface area (Å²) in [6.07, 6.45) is 3.49. The summed E-state index contributed by atoms with van der Waals surface area (Å²) in [5, 5.41) is 2.82. The normalized spacial score (nSPS) is 11.5. The number of hydrogen-bond donors (Lipinski definition) is 1. The quantitative estimate of drug-likeness (QED) is 0.295. The Hall–Kier alpha value is -4.36. The van der Waals surface area contributed by atoms with E-state index in [1.807, 2.05) is 36.4 Å². The second kappa shape index (κ2) is 13.1. The summed E-state index contributed by atoms with van der Waals surface area (Å²) < 4.78 is 24.6. The van der Waals surface area contributed by atoms with Gasteiger partial charge in [0.2, 0.25) is 5.91 Å². The molecule has 0 fully saturated rings. The average molecular weight is 499 g/mol. The van der Waals surface area contributed by atoms with Crippen molar-refractivity contribution in [1.82, 2.24) is 10.3 Å². The van der Waals surface area contributed by atoms with Crippen molar-refractivity contribution >= 4 is 11.7 Å². The van der Waals surface area contributed by atoms with Crippen molar-refractivity contribution in [2.45, 2.75) is 25.5 Å². The molecule has 0 aliphatic rings. The van der Waals surface area contributed by atoms with Gasteiger partial charge < -0.3 is 14.8 Å². The molecule has 4 aromatic rings. The Morgan fingerprint density at radius 2 is 1.46 bits per heavy atom. The fourth-order valence-electron chi connectivity index (χ4n) is 3.66. The lowest BCUT2D eigenvalue weighted by Gasteiger charge is -2.18. The fraction of sp³-hybridized carbons (Fsp3) is 0.167. The van der Waals surface area contributed by atoms with Crippen molar-refractivity contribution in [3.63, 3.8) is 0 Å². The van der Waals surface area contributed by atoms with Gasteiger partial charge >= 0.3 is 0 Å². The Balaban J connectivity index is 1.37. The van der Waals surface area contributed by atoms with Gasteiger partial charge in [-0.15, -0.1) is 0 Å². The van der Waals surface area contributed by atoms with Crippen LogP contribution in [0.15, 0.2) is 103 Å². The maximum absolute atomic E-state index is 13.2. The van der Waals surface area contributed by atoms with Crippen LogP contribution in [0.2, 0.25) is 0 Å². The molecule has 0 saturated carbocycles. The number of ketones is 1. The highest BCUT2D eigenvalue weighted by Gasteiger charge is 2.21. The minimum absolute atomic E-state index is 0.0538. The van der Waals surface area contributed by atoms with Gasteiger partial charge in [0.1, 0.15) is 23.4 Å². The SMILES string of the molecule is O=C(Cc1cccnc1)N[C@@H](COCc1ccccc1)C(=O)Cc1ccc(Oc2ccc(F)cc2)cc1. The highest BCUT2D eigenvalue weighted by Crippen LogP contribution is 2.22. The van der Waals surface area contributed by atoms with E-state index in [1.54, 1.807) is 54.9 Å². The Bertz CT molecular complexity index is 1280. The predicted octanol–water partition coefficient (Wildman–Crippen LogP) is 5.07. The van der Waals surface area contributed by atoms with E-state index in [1.165, 1.54) is 12.1 Å². The number of hydrogen-bond acceptors (Lipinski definition) is 5. The van der Waals surface area contributed by atoms with Crippen LogP contribution in [0.1, 0.15) is 16.7 Å². The molecule has 0 unspecified atom stereocenters. The van der Waals surface area contributed by atoms with Crippen LogP contribution in [-0.2, 0) is 33.8 Å². The fourth-order valence-corrected chi connectivity index (χ4v) is 3.66. The number of benzene rings is 3. The first kappa shape index (κ1) is 25.7. The lowest BCUT2D eigenvalue weighted by molar-refractivity contribution is -0.128. The molecule has 1 aromatic heterocycles. The minimum atomic E-state index is -0.803. The summed E-state index contributed by atoms with van der Waals surface area (Å²) in [7, 11) is 0. The van der Waals surface area contributed by atoms with Gasteiger partial charge in [-0.25, -0.2) is 4.39 Å². The molecule has 0 aliphatic carbocycles. The van der Waals surface area contributed by atoms with Crippen LogP contribution in [0.4, 0.5) is 4.39 Å². The Labute approximate surface area is 215 Å². The van der Waals surface area contributed by atoms with Gasteiger partial charge in [0.15, 0.2) is 5.78 Å². The van der Waals surface area contributed by atoms with Crippen molar-refractivity contribution in [1.29, 1.82) is 0 Å². The van der Waals surface area contributed by atoms with Gasteiger partial charge in [0.25, 0.3) is 0 Å². The number of Topliss-reactive ketones (excluding diaryl/α,β-unsaturated/α-hetero) is 1. The zero-order valence-electron chi connectivity index (χ0n) is 20.2. The van der Waals surface area contributed by atoms with Crippen LogP contribution < -0.4 is 10.1 Å². The van der Waals surface area contributed by atoms with Crippen molar-refractivity contribution in [2.24, 2.45) is 0 Å². The molecular weight excluding hydrogens is 471 g/mol. The predicted molar refractivity (Wildman–Crippen MR) is 138 cm³/mol. The number of pyridine rings is 1. The lowest BCUT2D eigenvalue weighted by Crippen LogP contribution is -2.45. The van der Waals surface area contributed by atoms with Crippen molar-refractivity contribution in [3.05, 3.63) is 126 Å². The van der Waals surface area contributed by atoms with E-state index in [4.69, 9.17) is 9.47 Å². The monoisotopic (exact) mass is 498 g/mol. The number of ether oxygens (including phenoxy) is 2. The molecule has 37 heavy (non-hydrogen) atoms. The third kappa shape index (κ3) is 8.37. The molecule has 7 heteroatoms. The molecule has 4 rings (SSSR count). The smallest absolute Gasteiger partial charge is 0.225 e. The zero-order valence-corrected chi connectivity index (χ0v) is 20.2. The first-order valence-electron chi connectivity index (χ1n) is 11.9. The van der Waals surface area contributed by atoms with Gasteiger partial charge in [-0.1, -0.05) is 48.5 Å². The van der Waals surface area contributed by atoms with Gasteiger partial charge in [0.05, 0.1) is 19.6 Å². The topological polar surface area (TPSA) is 77.5 Å². The number of aromatic nitrogens is 1. The Kier molecular flexibility index (Phi) is 9.10. The zero-order chi connectivity index (χ0) is 25.9. The largest absolute Gasteiger partial charge is 0.457 e. The van der Waals surface area contributed by atoms with Gasteiger partial charge in [0, 0.05) is 18.8 Å². The third-order valence-corrected chi connectivity index (χ3v) is 5.56. The summed E-state index contributed by atoms with van der Waals surface area (Å²) >= 11 is 0. The highest BCUT2D eigenvalue weighted by molar-refractivity contribution is 5.91. The van der Waals surface area contributed by atoms with E-state index in [-0.39, 0.29) is 37.0 Å². The number of carbonyl (C=O) groups excluding carboxylic acids is 2. The van der Waals surface area contributed by atoms with Crippen LogP contribution in [0, 0.1) is 5.82 Å². The molecule has 0 bridgehead atoms. The molecule has 1 heterocycles. The molecule has 0 spiro atoms. The standard InChI is InChI=1S/C30H27FN2O4/c31-25-10-14-27(15-11-25)37-26-12-8-22(9-13-26)17-29(34)28(21-36-20-23-5-2-1-3-6-23)33-30(35)18-24-7-4-16-32-19-24/h1-16,19,28H,17-18,20-21H2,(H,33,35)/t28-/m0/s1. The van der Waals surface area contributed by atoms with Crippen LogP contribution in [0.25, 0.3) is 0 Å². The Morgan fingerprint density at radius 1 is 0.784 bits per heavy atom. The van der Waals surface area contributed by atoms with E-state index >= 15 is 0 Å². The summed E-state index contributed by atoms with van der Waals surface area (Å²) in [4.78, 5) is 29.9. The minimum Gasteiger partial charge on any atom is -0.457 e. The van der Waals surface area contributed by atoms with Crippen LogP contribution in [0.5, 0.6) is 11.5 Å². The Morgan fingerprint density at radius 3 is 2.14 bits per heavy atom. The van der Waals surface area contributed by atoms with E-state index in [9.17, 15) is 14.0 Å². The molecule has 188 valence electrons. The second-order valence-corrected chi connectivity index (χ2v) is 8.50. The number of rotatable bonds is 12. The van der Waals surface area contributed by atoms with E-state index in [0.717, 1.165) is 16.7 Å². The van der Waals surface area contributed by atoms with Gasteiger partial charge in [-0.2, -0.15) is 0 Å². The summed E-state index contributed by atoms with van der Waals surface area (Å²) in [5.41, 5.74) is 2.51. The third-order valence-electron chi connectivity index (χ3n) is 5.56. The van der Waals surface area contributed by atoms with Gasteiger partial charge in [-0.05, 0) is 59.2 Å². The van der Waals surface area contributed by atoms with Crippen LogP contribution in [0.3, 0.4) is 0 Å². The molecule has 1 atom stereocenters. The number of nitrogens with one attached hydrogen (secondary N) is 1. The van der Waals surface area contributed by atoms with Crippen LogP contribution >= 0.6 is 0 Å². The van der Waals surface area contributed by atoms with E-state index < -0.39 is 6.04 Å². The molecule has 0 radical (unpaired) electrons. The van der Waals surface area contributed by atoms with Crippen molar-refractivity contribution < 1.29 is 23.5 Å². The lowest BCUT2D eigenvalue weighted by atomic mass is 10.0. The summed E-state index contributed by atoms with van der Waals surface area (Å²) in [6.45, 7) is 0.386. The highest BCUT2D eigenvalue weighted by atomic mass is 19.1. The number of halogens is 1. The molecule has 1 N–H and O–H groups in total. The summed E-state index contributed by atoms with van der Waals surface area (Å²) in [6, 6.07) is 25.2. The maximum atomic E-state index is 13.2. The second-order valence-electron chi connectivity index (χ2n) is 8.50. The van der Waals surface area contributed by atoms with Crippen molar-refractivity contribution in [2.75, 3.05) is 6.61 Å². The van der Waals surface area contributed by atoms with Gasteiger partial charge in [-0.3, -0.25) is 14.6 Å². The average Bonchev–Trinajstić information content (AvgIpc) is 2.91. The van der Waals surface area contributed by atoms with Crippen molar-refractivity contribution in [3.8, 4) is 11.5 Å². The maximum Gasteiger partial charge on any atom is 0.225 e. The summed E-state index contributed by atoms with van der Waals surface area (Å²) in [5.74, 6) is 0.293. The van der Waals surface area contributed by atoms with E-state index in [2.05, 4.69) is 10.3 Å². The number of carbonyl (C=O) groups is 2. The first-order valence-corrected chi connectivity index (χ1v) is 11.9. The molecule has 0 aliphatic heterocycles. The molecule has 3 aromatic carbocycles. The molecular formula is C30H27FN2O4. The molecule has 1 amide bonds.